The number of carbonyl (C=O) groups excluding carboxylic acids is 1. The third kappa shape index (κ3) is 2.22. The van der Waals surface area contributed by atoms with Crippen molar-refractivity contribution in [2.45, 2.75) is 13.3 Å². The monoisotopic (exact) mass is 198 g/mol. The summed E-state index contributed by atoms with van der Waals surface area (Å²) in [4.78, 5) is 10.3. The summed E-state index contributed by atoms with van der Waals surface area (Å²) in [5, 5.41) is 0.664. The topological polar surface area (TPSA) is 26.3 Å². The lowest BCUT2D eigenvalue weighted by molar-refractivity contribution is -0.107. The zero-order chi connectivity index (χ0) is 9.84. The highest BCUT2D eigenvalue weighted by Crippen LogP contribution is 2.26. The first-order chi connectivity index (χ1) is 6.19. The number of aryl methyl sites for hydroxylation is 1. The number of rotatable bonds is 3. The Bertz CT molecular complexity index is 321. The van der Waals surface area contributed by atoms with E-state index in [0.29, 0.717) is 17.2 Å². The fourth-order valence-corrected chi connectivity index (χ4v) is 1.32. The Morgan fingerprint density at radius 2 is 2.23 bits per heavy atom. The van der Waals surface area contributed by atoms with Crippen LogP contribution in [0.25, 0.3) is 0 Å². The molecular formula is C10H11ClO2. The second kappa shape index (κ2) is 4.28. The van der Waals surface area contributed by atoms with Crippen LogP contribution >= 0.6 is 11.6 Å². The molecule has 0 amide bonds. The molecule has 0 aliphatic heterocycles. The molecular weight excluding hydrogens is 188 g/mol. The Hall–Kier alpha value is -1.02. The fraction of sp³-hybridized carbons (Fsp3) is 0.300. The zero-order valence-electron chi connectivity index (χ0n) is 7.63. The standard InChI is InChI=1S/C10H11ClO2/c1-7-5-10(13-2)8(3-4-12)6-9(7)11/h4-6H,3H2,1-2H3. The highest BCUT2D eigenvalue weighted by molar-refractivity contribution is 6.31. The average molecular weight is 199 g/mol. The number of carbonyl (C=O) groups is 1. The van der Waals surface area contributed by atoms with Crippen LogP contribution < -0.4 is 4.74 Å². The van der Waals surface area contributed by atoms with Crippen molar-refractivity contribution in [1.29, 1.82) is 0 Å². The highest BCUT2D eigenvalue weighted by atomic mass is 35.5. The molecule has 0 aromatic heterocycles. The van der Waals surface area contributed by atoms with Gasteiger partial charge in [-0.2, -0.15) is 0 Å². The summed E-state index contributed by atoms with van der Waals surface area (Å²) < 4.78 is 5.12. The minimum Gasteiger partial charge on any atom is -0.496 e. The molecule has 3 heteroatoms. The number of hydrogen-bond donors (Lipinski definition) is 0. The maximum atomic E-state index is 10.3. The summed E-state index contributed by atoms with van der Waals surface area (Å²) in [6.45, 7) is 1.90. The molecule has 1 aromatic carbocycles. The molecule has 1 aromatic rings. The van der Waals surface area contributed by atoms with Gasteiger partial charge in [0, 0.05) is 17.0 Å². The van der Waals surface area contributed by atoms with Crippen LogP contribution in [-0.2, 0) is 11.2 Å². The van der Waals surface area contributed by atoms with Crippen molar-refractivity contribution < 1.29 is 9.53 Å². The quantitative estimate of drug-likeness (QED) is 0.698. The molecule has 2 nitrogen and oxygen atoms in total. The maximum Gasteiger partial charge on any atom is 0.124 e. The Morgan fingerprint density at radius 3 is 2.77 bits per heavy atom. The molecule has 0 saturated carbocycles. The first kappa shape index (κ1) is 10.1. The van der Waals surface area contributed by atoms with Gasteiger partial charge in [-0.15, -0.1) is 0 Å². The minimum atomic E-state index is 0.336. The van der Waals surface area contributed by atoms with E-state index in [4.69, 9.17) is 16.3 Å². The summed E-state index contributed by atoms with van der Waals surface area (Å²) in [6.07, 6.45) is 1.17. The van der Waals surface area contributed by atoms with E-state index < -0.39 is 0 Å². The predicted octanol–water partition coefficient (Wildman–Crippen LogP) is 2.40. The molecule has 0 aliphatic rings. The molecule has 0 spiro atoms. The summed E-state index contributed by atoms with van der Waals surface area (Å²) >= 11 is 5.91. The van der Waals surface area contributed by atoms with Gasteiger partial charge in [0.25, 0.3) is 0 Å². The van der Waals surface area contributed by atoms with Crippen molar-refractivity contribution in [2.75, 3.05) is 7.11 Å². The second-order valence-electron chi connectivity index (χ2n) is 2.78. The van der Waals surface area contributed by atoms with Crippen molar-refractivity contribution in [3.63, 3.8) is 0 Å². The van der Waals surface area contributed by atoms with Crippen LogP contribution in [0.1, 0.15) is 11.1 Å². The molecule has 0 N–H and O–H groups in total. The Morgan fingerprint density at radius 1 is 1.54 bits per heavy atom. The van der Waals surface area contributed by atoms with Crippen molar-refractivity contribution in [3.8, 4) is 5.75 Å². The van der Waals surface area contributed by atoms with Gasteiger partial charge in [-0.25, -0.2) is 0 Å². The van der Waals surface area contributed by atoms with Crippen LogP contribution in [-0.4, -0.2) is 13.4 Å². The molecule has 70 valence electrons. The average Bonchev–Trinajstić information content (AvgIpc) is 2.11. The third-order valence-corrected chi connectivity index (χ3v) is 2.27. The van der Waals surface area contributed by atoms with Crippen LogP contribution in [0.15, 0.2) is 12.1 Å². The lowest BCUT2D eigenvalue weighted by Crippen LogP contribution is -1.94. The van der Waals surface area contributed by atoms with Crippen molar-refractivity contribution in [3.05, 3.63) is 28.3 Å². The molecule has 0 radical (unpaired) electrons. The fourth-order valence-electron chi connectivity index (χ4n) is 1.14. The molecule has 1 rings (SSSR count). The molecule has 0 bridgehead atoms. The van der Waals surface area contributed by atoms with Gasteiger partial charge in [-0.05, 0) is 24.6 Å². The van der Waals surface area contributed by atoms with Gasteiger partial charge < -0.3 is 9.53 Å². The Labute approximate surface area is 82.5 Å². The molecule has 0 aliphatic carbocycles. The summed E-state index contributed by atoms with van der Waals surface area (Å²) in [7, 11) is 1.58. The van der Waals surface area contributed by atoms with E-state index in [2.05, 4.69) is 0 Å². The van der Waals surface area contributed by atoms with Gasteiger partial charge in [0.15, 0.2) is 0 Å². The van der Waals surface area contributed by atoms with Gasteiger partial charge in [-0.1, -0.05) is 11.6 Å². The first-order valence-corrected chi connectivity index (χ1v) is 4.33. The SMILES string of the molecule is COc1cc(C)c(Cl)cc1CC=O. The number of halogens is 1. The largest absolute Gasteiger partial charge is 0.496 e. The van der Waals surface area contributed by atoms with Gasteiger partial charge >= 0.3 is 0 Å². The summed E-state index contributed by atoms with van der Waals surface area (Å²) in [5.41, 5.74) is 1.78. The maximum absolute atomic E-state index is 10.3. The van der Waals surface area contributed by atoms with E-state index in [1.165, 1.54) is 0 Å². The normalized spacial score (nSPS) is 9.77. The molecule has 0 fully saturated rings. The van der Waals surface area contributed by atoms with Crippen LogP contribution in [0.3, 0.4) is 0 Å². The number of methoxy groups -OCH3 is 1. The predicted molar refractivity (Wildman–Crippen MR) is 52.5 cm³/mol. The molecule has 0 atom stereocenters. The van der Waals surface area contributed by atoms with Crippen molar-refractivity contribution >= 4 is 17.9 Å². The number of aldehydes is 1. The minimum absolute atomic E-state index is 0.336. The second-order valence-corrected chi connectivity index (χ2v) is 3.19. The summed E-state index contributed by atoms with van der Waals surface area (Å²) in [6, 6.07) is 3.60. The highest BCUT2D eigenvalue weighted by Gasteiger charge is 2.05. The smallest absolute Gasteiger partial charge is 0.124 e. The van der Waals surface area contributed by atoms with E-state index in [9.17, 15) is 4.79 Å². The van der Waals surface area contributed by atoms with Gasteiger partial charge in [0.1, 0.15) is 12.0 Å². The van der Waals surface area contributed by atoms with Crippen LogP contribution in [0.4, 0.5) is 0 Å². The van der Waals surface area contributed by atoms with E-state index in [-0.39, 0.29) is 0 Å². The molecule has 0 heterocycles. The third-order valence-electron chi connectivity index (χ3n) is 1.86. The molecule has 13 heavy (non-hydrogen) atoms. The number of hydrogen-bond acceptors (Lipinski definition) is 2. The lowest BCUT2D eigenvalue weighted by Gasteiger charge is -2.08. The first-order valence-electron chi connectivity index (χ1n) is 3.95. The number of benzene rings is 1. The van der Waals surface area contributed by atoms with Gasteiger partial charge in [0.2, 0.25) is 0 Å². The van der Waals surface area contributed by atoms with Gasteiger partial charge in [0.05, 0.1) is 7.11 Å². The van der Waals surface area contributed by atoms with E-state index in [1.54, 1.807) is 13.2 Å². The van der Waals surface area contributed by atoms with E-state index in [0.717, 1.165) is 17.4 Å². The van der Waals surface area contributed by atoms with Crippen LogP contribution in [0.5, 0.6) is 5.75 Å². The van der Waals surface area contributed by atoms with Crippen molar-refractivity contribution in [2.24, 2.45) is 0 Å². The van der Waals surface area contributed by atoms with E-state index in [1.807, 2.05) is 13.0 Å². The molecule has 0 saturated heterocycles. The Kier molecular flexibility index (Phi) is 3.32. The van der Waals surface area contributed by atoms with E-state index >= 15 is 0 Å². The van der Waals surface area contributed by atoms with Crippen LogP contribution in [0, 0.1) is 6.92 Å². The van der Waals surface area contributed by atoms with Crippen LogP contribution in [0.2, 0.25) is 5.02 Å². The lowest BCUT2D eigenvalue weighted by atomic mass is 10.1. The zero-order valence-corrected chi connectivity index (χ0v) is 8.39. The Balaban J connectivity index is 3.15. The van der Waals surface area contributed by atoms with Gasteiger partial charge in [-0.3, -0.25) is 0 Å². The summed E-state index contributed by atoms with van der Waals surface area (Å²) in [5.74, 6) is 0.717. The number of ether oxygens (including phenoxy) is 1. The van der Waals surface area contributed by atoms with Crippen molar-refractivity contribution in [1.82, 2.24) is 0 Å². The molecule has 0 unspecified atom stereocenters.